The molecule has 10 atom stereocenters. The predicted octanol–water partition coefficient (Wildman–Crippen LogP) is 10.7. The summed E-state index contributed by atoms with van der Waals surface area (Å²) in [6, 6.07) is 17.9. The molecule has 3 rings (SSSR count). The molecule has 0 saturated carbocycles. The predicted molar refractivity (Wildman–Crippen MR) is 322 cm³/mol. The van der Waals surface area contributed by atoms with Crippen LogP contribution < -0.4 is 29.6 Å². The van der Waals surface area contributed by atoms with Gasteiger partial charge in [0, 0.05) is 40.3 Å². The third-order valence-corrected chi connectivity index (χ3v) is 14.5. The summed E-state index contributed by atoms with van der Waals surface area (Å²) < 4.78 is 43.6. The second kappa shape index (κ2) is 38.9. The summed E-state index contributed by atoms with van der Waals surface area (Å²) in [5, 5.41) is 70.5. The summed E-state index contributed by atoms with van der Waals surface area (Å²) in [6.45, 7) is 22.1. The molecule has 3 aromatic rings. The zero-order valence-corrected chi connectivity index (χ0v) is 51.8. The van der Waals surface area contributed by atoms with E-state index in [0.29, 0.717) is 73.4 Å². The number of carbonyl (C=O) groups is 4. The van der Waals surface area contributed by atoms with Gasteiger partial charge in [-0.1, -0.05) is 105 Å². The van der Waals surface area contributed by atoms with E-state index in [1.807, 2.05) is 58.0 Å². The molecule has 2 amide bonds. The molecule has 0 aliphatic rings. The maximum Gasteiger partial charge on any atom is 0.407 e. The maximum absolute atomic E-state index is 12.9. The number of benzene rings is 3. The van der Waals surface area contributed by atoms with E-state index in [4.69, 9.17) is 37.9 Å². The van der Waals surface area contributed by atoms with Crippen molar-refractivity contribution in [2.24, 2.45) is 47.3 Å². The Bertz CT molecular complexity index is 2340. The Morgan fingerprint density at radius 2 is 0.905 bits per heavy atom. The number of rotatable bonds is 36. The van der Waals surface area contributed by atoms with E-state index in [1.54, 1.807) is 113 Å². The van der Waals surface area contributed by atoms with Gasteiger partial charge in [0.25, 0.3) is 0 Å². The third kappa shape index (κ3) is 27.0. The van der Waals surface area contributed by atoms with Crippen molar-refractivity contribution in [3.8, 4) is 23.0 Å². The van der Waals surface area contributed by atoms with Crippen molar-refractivity contribution in [3.05, 3.63) is 83.4 Å². The van der Waals surface area contributed by atoms with Crippen LogP contribution in [0.1, 0.15) is 151 Å². The molecule has 0 fully saturated rings. The smallest absolute Gasteiger partial charge is 0.407 e. The third-order valence-electron chi connectivity index (χ3n) is 14.5. The Labute approximate surface area is 500 Å². The van der Waals surface area contributed by atoms with Crippen molar-refractivity contribution in [3.63, 3.8) is 0 Å². The standard InChI is InChI=1S/C33H49NO9.C30H51NO9.CH4/c1-21(2)25(31(36)24-13-14-29(41-6)30(17-24)42-16-10-15-40-5)18-27(28(35)19-26(22(3)4)32(37)38)34-33(39)43-20-23-11-8-7-9-12-23;1-18(2)21(27(33)20-11-12-25(38-9)26(15-20)39-14-10-13-37-8)16-23(31-29(36)40-30(5,6)7)24(32)17-22(19(3)4)28(34)35;/h7-9,11-14,17,21-22,25-28,31,35-36H,10,15-16,18-20H2,1-6H3,(H,34,39)(H,37,38);11-12,15,18-19,21-24,27,32-33H,10,13-14,16-17H2,1-9H3,(H,31,36)(H,34,35);1H4/t25-,26-,27-,28-,31?;21-,22-,23-,24-,27?;/m00./s1. The van der Waals surface area contributed by atoms with Gasteiger partial charge in [-0.3, -0.25) is 9.59 Å². The number of aliphatic hydroxyl groups excluding tert-OH is 4. The van der Waals surface area contributed by atoms with Crippen LogP contribution in [0.25, 0.3) is 0 Å². The normalized spacial score (nSPS) is 15.1. The first-order valence-electron chi connectivity index (χ1n) is 28.8. The number of methoxy groups -OCH3 is 4. The Morgan fingerprint density at radius 3 is 1.24 bits per heavy atom. The molecule has 0 heterocycles. The highest BCUT2D eigenvalue weighted by Gasteiger charge is 2.37. The van der Waals surface area contributed by atoms with Crippen LogP contribution in [0.15, 0.2) is 66.7 Å². The number of alkyl carbamates (subject to hydrolysis) is 2. The van der Waals surface area contributed by atoms with E-state index in [2.05, 4.69) is 10.6 Å². The fraction of sp³-hybridized carbons (Fsp3) is 0.656. The lowest BCUT2D eigenvalue weighted by atomic mass is 9.79. The zero-order chi connectivity index (χ0) is 62.6. The first-order chi connectivity index (χ1) is 39.1. The van der Waals surface area contributed by atoms with Gasteiger partial charge >= 0.3 is 24.1 Å². The van der Waals surface area contributed by atoms with Crippen molar-refractivity contribution in [2.45, 2.75) is 171 Å². The molecular formula is C64H104N2O18. The highest BCUT2D eigenvalue weighted by Crippen LogP contribution is 2.39. The number of hydrogen-bond acceptors (Lipinski definition) is 16. The van der Waals surface area contributed by atoms with Crippen LogP contribution in [0, 0.1) is 47.3 Å². The van der Waals surface area contributed by atoms with Crippen LogP contribution in [0.3, 0.4) is 0 Å². The van der Waals surface area contributed by atoms with E-state index in [1.165, 1.54) is 0 Å². The molecule has 0 saturated heterocycles. The second-order valence-corrected chi connectivity index (χ2v) is 23.4. The molecule has 8 N–H and O–H groups in total. The molecule has 478 valence electrons. The highest BCUT2D eigenvalue weighted by atomic mass is 16.6. The summed E-state index contributed by atoms with van der Waals surface area (Å²) in [5.41, 5.74) is 1.22. The molecular weight excluding hydrogens is 1080 g/mol. The number of carboxylic acids is 2. The molecule has 0 aromatic heterocycles. The van der Waals surface area contributed by atoms with Gasteiger partial charge in [0.05, 0.1) is 75.8 Å². The molecule has 0 radical (unpaired) electrons. The van der Waals surface area contributed by atoms with E-state index in [9.17, 15) is 49.8 Å². The zero-order valence-electron chi connectivity index (χ0n) is 51.8. The lowest BCUT2D eigenvalue weighted by molar-refractivity contribution is -0.145. The van der Waals surface area contributed by atoms with Crippen LogP contribution in [0.2, 0.25) is 0 Å². The lowest BCUT2D eigenvalue weighted by Crippen LogP contribution is -2.48. The van der Waals surface area contributed by atoms with Crippen LogP contribution in [0.5, 0.6) is 23.0 Å². The minimum Gasteiger partial charge on any atom is -0.493 e. The van der Waals surface area contributed by atoms with E-state index in [0.717, 1.165) is 5.56 Å². The van der Waals surface area contributed by atoms with Gasteiger partial charge < -0.3 is 79.2 Å². The first-order valence-corrected chi connectivity index (χ1v) is 28.8. The summed E-state index contributed by atoms with van der Waals surface area (Å²) in [5.74, 6) is -3.04. The fourth-order valence-electron chi connectivity index (χ4n) is 9.53. The largest absolute Gasteiger partial charge is 0.493 e. The monoisotopic (exact) mass is 1190 g/mol. The van der Waals surface area contributed by atoms with Gasteiger partial charge in [-0.05, 0) is 123 Å². The minimum absolute atomic E-state index is 0. The van der Waals surface area contributed by atoms with Gasteiger partial charge in [-0.2, -0.15) is 0 Å². The van der Waals surface area contributed by atoms with Gasteiger partial charge in [0.2, 0.25) is 0 Å². The maximum atomic E-state index is 12.9. The van der Waals surface area contributed by atoms with Gasteiger partial charge in [-0.15, -0.1) is 0 Å². The highest BCUT2D eigenvalue weighted by molar-refractivity contribution is 5.71. The summed E-state index contributed by atoms with van der Waals surface area (Å²) in [6.07, 6.45) is -4.20. The summed E-state index contributed by atoms with van der Waals surface area (Å²) >= 11 is 0. The summed E-state index contributed by atoms with van der Waals surface area (Å²) in [4.78, 5) is 49.3. The minimum atomic E-state index is -1.20. The van der Waals surface area contributed by atoms with Gasteiger partial charge in [0.15, 0.2) is 23.0 Å². The van der Waals surface area contributed by atoms with E-state index in [-0.39, 0.29) is 63.4 Å². The van der Waals surface area contributed by atoms with Gasteiger partial charge in [-0.25, -0.2) is 9.59 Å². The number of carboxylic acid groups (broad SMARTS) is 2. The molecule has 20 nitrogen and oxygen atoms in total. The number of hydrogen-bond donors (Lipinski definition) is 8. The van der Waals surface area contributed by atoms with Crippen molar-refractivity contribution < 1.29 is 87.7 Å². The van der Waals surface area contributed by atoms with Crippen molar-refractivity contribution >= 4 is 24.1 Å². The molecule has 0 bridgehead atoms. The van der Waals surface area contributed by atoms with Crippen molar-refractivity contribution in [1.82, 2.24) is 10.6 Å². The van der Waals surface area contributed by atoms with Crippen LogP contribution in [0.4, 0.5) is 9.59 Å². The molecule has 2 unspecified atom stereocenters. The van der Waals surface area contributed by atoms with E-state index >= 15 is 0 Å². The Morgan fingerprint density at radius 1 is 0.512 bits per heavy atom. The SMILES string of the molecule is C.COCCCOc1cc(C(O)[C@@H](C[C@H](NC(=O)OC(C)(C)C)[C@@H](O)C[C@H](C(=O)O)C(C)C)C(C)C)ccc1OC.COCCCOc1cc(C(O)[C@@H](C[C@H](NC(=O)OCc2ccccc2)[C@@H](O)C[C@H](C(=O)O)C(C)C)C(C)C)ccc1OC. The average Bonchev–Trinajstić information content (AvgIpc) is 3.57. The lowest BCUT2D eigenvalue weighted by Gasteiger charge is -2.34. The molecule has 3 aromatic carbocycles. The van der Waals surface area contributed by atoms with Crippen LogP contribution >= 0.6 is 0 Å². The average molecular weight is 1190 g/mol. The number of amides is 2. The Hall–Kier alpha value is -5.90. The summed E-state index contributed by atoms with van der Waals surface area (Å²) in [7, 11) is 6.33. The molecule has 0 spiro atoms. The Balaban J connectivity index is 0.000000833. The molecule has 0 aliphatic heterocycles. The van der Waals surface area contributed by atoms with Crippen molar-refractivity contribution in [1.29, 1.82) is 0 Å². The number of nitrogens with one attached hydrogen (secondary N) is 2. The molecule has 0 aliphatic carbocycles. The van der Waals surface area contributed by atoms with Crippen LogP contribution in [-0.4, -0.2) is 140 Å². The number of carbonyl (C=O) groups excluding carboxylic acids is 2. The second-order valence-electron chi connectivity index (χ2n) is 23.4. The molecule has 20 heteroatoms. The number of aliphatic hydroxyl groups is 4. The topological polar surface area (TPSA) is 288 Å². The van der Waals surface area contributed by atoms with Crippen LogP contribution in [-0.2, 0) is 35.1 Å². The first kappa shape index (κ1) is 76.1. The van der Waals surface area contributed by atoms with Gasteiger partial charge in [0.1, 0.15) is 12.2 Å². The molecule has 84 heavy (non-hydrogen) atoms. The number of ether oxygens (including phenoxy) is 8. The Kier molecular flexibility index (Phi) is 35.3. The van der Waals surface area contributed by atoms with Crippen molar-refractivity contribution in [2.75, 3.05) is 54.9 Å². The fourth-order valence-corrected chi connectivity index (χ4v) is 9.53. The quantitative estimate of drug-likeness (QED) is 0.0251. The number of aliphatic carboxylic acids is 2. The van der Waals surface area contributed by atoms with E-state index < -0.39 is 89.9 Å².